The molecule has 0 aromatic heterocycles. The molecule has 116 valence electrons. The van der Waals surface area contributed by atoms with Crippen LogP contribution >= 0.6 is 0 Å². The van der Waals surface area contributed by atoms with Gasteiger partial charge in [-0.25, -0.2) is 8.42 Å². The average molecular weight is 310 g/mol. The number of sulfone groups is 1. The maximum Gasteiger partial charge on any atom is 0.223 e. The Morgan fingerprint density at radius 3 is 2.33 bits per heavy atom. The van der Waals surface area contributed by atoms with Crippen LogP contribution < -0.4 is 10.6 Å². The fourth-order valence-electron chi connectivity index (χ4n) is 2.50. The molecule has 1 fully saturated rings. The van der Waals surface area contributed by atoms with Crippen molar-refractivity contribution in [3.8, 4) is 0 Å². The summed E-state index contributed by atoms with van der Waals surface area (Å²) >= 11 is 0. The lowest BCUT2D eigenvalue weighted by atomic mass is 9.96. The standard InChI is InChI=1S/C15H22N2O3S/c1-11(17-15(18)13-7-9-16-10-8-13)12-3-5-14(6-4-12)21(2,19)20/h3-6,11,13,16H,7-10H2,1-2H3,(H,17,18). The molecule has 2 rings (SSSR count). The molecule has 1 saturated heterocycles. The summed E-state index contributed by atoms with van der Waals surface area (Å²) in [5.41, 5.74) is 0.907. The van der Waals surface area contributed by atoms with Gasteiger partial charge in [-0.2, -0.15) is 0 Å². The van der Waals surface area contributed by atoms with E-state index in [0.717, 1.165) is 31.5 Å². The summed E-state index contributed by atoms with van der Waals surface area (Å²) in [5.74, 6) is 0.153. The third-order valence-electron chi connectivity index (χ3n) is 3.88. The Labute approximate surface area is 126 Å². The molecular weight excluding hydrogens is 288 g/mol. The first kappa shape index (κ1) is 16.0. The van der Waals surface area contributed by atoms with Crippen molar-refractivity contribution in [2.45, 2.75) is 30.7 Å². The minimum Gasteiger partial charge on any atom is -0.349 e. The number of hydrogen-bond donors (Lipinski definition) is 2. The number of carbonyl (C=O) groups is 1. The van der Waals surface area contributed by atoms with E-state index in [1.165, 1.54) is 6.26 Å². The van der Waals surface area contributed by atoms with Crippen LogP contribution in [0.15, 0.2) is 29.2 Å². The van der Waals surface area contributed by atoms with E-state index in [9.17, 15) is 13.2 Å². The molecule has 1 aliphatic heterocycles. The van der Waals surface area contributed by atoms with Crippen LogP contribution in [0.25, 0.3) is 0 Å². The second-order valence-corrected chi connectivity index (χ2v) is 7.61. The van der Waals surface area contributed by atoms with E-state index >= 15 is 0 Å². The molecule has 1 aromatic rings. The second-order valence-electron chi connectivity index (χ2n) is 5.60. The largest absolute Gasteiger partial charge is 0.349 e. The second kappa shape index (κ2) is 6.58. The van der Waals surface area contributed by atoms with Crippen LogP contribution in [0.2, 0.25) is 0 Å². The Morgan fingerprint density at radius 1 is 1.24 bits per heavy atom. The molecule has 5 nitrogen and oxygen atoms in total. The third kappa shape index (κ3) is 4.28. The Hall–Kier alpha value is -1.40. The summed E-state index contributed by atoms with van der Waals surface area (Å²) in [6.07, 6.45) is 2.92. The lowest BCUT2D eigenvalue weighted by Crippen LogP contribution is -2.39. The molecular formula is C15H22N2O3S. The summed E-state index contributed by atoms with van der Waals surface area (Å²) in [7, 11) is -3.18. The highest BCUT2D eigenvalue weighted by atomic mass is 32.2. The number of amides is 1. The summed E-state index contributed by atoms with van der Waals surface area (Å²) in [6.45, 7) is 3.68. The summed E-state index contributed by atoms with van der Waals surface area (Å²) in [5, 5.41) is 6.25. The van der Waals surface area contributed by atoms with E-state index in [2.05, 4.69) is 10.6 Å². The van der Waals surface area contributed by atoms with Crippen LogP contribution in [-0.2, 0) is 14.6 Å². The zero-order valence-electron chi connectivity index (χ0n) is 12.4. The minimum absolute atomic E-state index is 0.0731. The normalized spacial score (nSPS) is 18.2. The highest BCUT2D eigenvalue weighted by Crippen LogP contribution is 2.18. The predicted octanol–water partition coefficient (Wildman–Crippen LogP) is 1.27. The highest BCUT2D eigenvalue weighted by Gasteiger charge is 2.22. The van der Waals surface area contributed by atoms with Gasteiger partial charge in [0.2, 0.25) is 5.91 Å². The quantitative estimate of drug-likeness (QED) is 0.878. The molecule has 0 bridgehead atoms. The molecule has 1 unspecified atom stereocenters. The SMILES string of the molecule is CC(NC(=O)C1CCNCC1)c1ccc(S(C)(=O)=O)cc1. The van der Waals surface area contributed by atoms with Crippen molar-refractivity contribution in [3.05, 3.63) is 29.8 Å². The van der Waals surface area contributed by atoms with Crippen molar-refractivity contribution >= 4 is 15.7 Å². The van der Waals surface area contributed by atoms with E-state index in [4.69, 9.17) is 0 Å². The van der Waals surface area contributed by atoms with E-state index < -0.39 is 9.84 Å². The van der Waals surface area contributed by atoms with Gasteiger partial charge >= 0.3 is 0 Å². The maximum absolute atomic E-state index is 12.2. The van der Waals surface area contributed by atoms with Gasteiger partial charge in [-0.3, -0.25) is 4.79 Å². The fraction of sp³-hybridized carbons (Fsp3) is 0.533. The van der Waals surface area contributed by atoms with Crippen LogP contribution in [0.5, 0.6) is 0 Å². The zero-order valence-corrected chi connectivity index (χ0v) is 13.2. The van der Waals surface area contributed by atoms with Gasteiger partial charge in [0.05, 0.1) is 10.9 Å². The number of carbonyl (C=O) groups excluding carboxylic acids is 1. The van der Waals surface area contributed by atoms with Crippen LogP contribution in [0, 0.1) is 5.92 Å². The Balaban J connectivity index is 1.99. The Kier molecular flexibility index (Phi) is 5.00. The van der Waals surface area contributed by atoms with Crippen molar-refractivity contribution in [1.29, 1.82) is 0 Å². The van der Waals surface area contributed by atoms with Crippen molar-refractivity contribution in [2.75, 3.05) is 19.3 Å². The van der Waals surface area contributed by atoms with E-state index in [1.54, 1.807) is 24.3 Å². The van der Waals surface area contributed by atoms with Gasteiger partial charge in [-0.1, -0.05) is 12.1 Å². The van der Waals surface area contributed by atoms with Gasteiger partial charge in [-0.05, 0) is 50.6 Å². The van der Waals surface area contributed by atoms with Crippen molar-refractivity contribution < 1.29 is 13.2 Å². The van der Waals surface area contributed by atoms with Crippen LogP contribution in [0.4, 0.5) is 0 Å². The molecule has 21 heavy (non-hydrogen) atoms. The molecule has 6 heteroatoms. The fourth-order valence-corrected chi connectivity index (χ4v) is 3.13. The lowest BCUT2D eigenvalue weighted by Gasteiger charge is -2.24. The molecule has 2 N–H and O–H groups in total. The molecule has 1 heterocycles. The molecule has 1 atom stereocenters. The van der Waals surface area contributed by atoms with Gasteiger partial charge in [0.15, 0.2) is 9.84 Å². The van der Waals surface area contributed by atoms with Gasteiger partial charge in [0.25, 0.3) is 0 Å². The summed E-state index contributed by atoms with van der Waals surface area (Å²) < 4.78 is 22.8. The monoisotopic (exact) mass is 310 g/mol. The van der Waals surface area contributed by atoms with E-state index in [-0.39, 0.29) is 17.9 Å². The van der Waals surface area contributed by atoms with Gasteiger partial charge in [-0.15, -0.1) is 0 Å². The molecule has 0 radical (unpaired) electrons. The van der Waals surface area contributed by atoms with Crippen LogP contribution in [-0.4, -0.2) is 33.7 Å². The highest BCUT2D eigenvalue weighted by molar-refractivity contribution is 7.90. The summed E-state index contributed by atoms with van der Waals surface area (Å²) in [4.78, 5) is 12.5. The minimum atomic E-state index is -3.18. The van der Waals surface area contributed by atoms with Crippen molar-refractivity contribution in [1.82, 2.24) is 10.6 Å². The zero-order chi connectivity index (χ0) is 15.5. The predicted molar refractivity (Wildman–Crippen MR) is 81.7 cm³/mol. The maximum atomic E-state index is 12.2. The molecule has 1 amide bonds. The average Bonchev–Trinajstić information content (AvgIpc) is 2.47. The smallest absolute Gasteiger partial charge is 0.223 e. The number of rotatable bonds is 4. The first-order valence-electron chi connectivity index (χ1n) is 7.19. The summed E-state index contributed by atoms with van der Waals surface area (Å²) in [6, 6.07) is 6.55. The van der Waals surface area contributed by atoms with Gasteiger partial charge < -0.3 is 10.6 Å². The first-order chi connectivity index (χ1) is 9.88. The van der Waals surface area contributed by atoms with E-state index in [1.807, 2.05) is 6.92 Å². The number of benzene rings is 1. The number of hydrogen-bond acceptors (Lipinski definition) is 4. The molecule has 1 aliphatic rings. The van der Waals surface area contributed by atoms with Gasteiger partial charge in [0, 0.05) is 12.2 Å². The van der Waals surface area contributed by atoms with Crippen molar-refractivity contribution in [3.63, 3.8) is 0 Å². The van der Waals surface area contributed by atoms with Crippen molar-refractivity contribution in [2.24, 2.45) is 5.92 Å². The number of piperidine rings is 1. The third-order valence-corrected chi connectivity index (χ3v) is 5.01. The lowest BCUT2D eigenvalue weighted by molar-refractivity contribution is -0.126. The first-order valence-corrected chi connectivity index (χ1v) is 9.08. The topological polar surface area (TPSA) is 75.3 Å². The molecule has 0 spiro atoms. The van der Waals surface area contributed by atoms with Crippen LogP contribution in [0.1, 0.15) is 31.4 Å². The molecule has 0 saturated carbocycles. The van der Waals surface area contributed by atoms with E-state index in [0.29, 0.717) is 4.90 Å². The Bertz CT molecular complexity index is 590. The van der Waals surface area contributed by atoms with Gasteiger partial charge in [0.1, 0.15) is 0 Å². The Morgan fingerprint density at radius 2 is 1.81 bits per heavy atom. The molecule has 1 aromatic carbocycles. The number of nitrogens with one attached hydrogen (secondary N) is 2. The molecule has 0 aliphatic carbocycles. The van der Waals surface area contributed by atoms with Crippen LogP contribution in [0.3, 0.4) is 0 Å².